The second-order valence-electron chi connectivity index (χ2n) is 5.67. The Bertz CT molecular complexity index is 264. The van der Waals surface area contributed by atoms with Crippen molar-refractivity contribution in [2.24, 2.45) is 16.6 Å². The van der Waals surface area contributed by atoms with Gasteiger partial charge >= 0.3 is 0 Å². The molecule has 0 aromatic rings. The first-order valence-corrected chi connectivity index (χ1v) is 7.81. The van der Waals surface area contributed by atoms with Crippen molar-refractivity contribution in [1.82, 2.24) is 4.90 Å². The van der Waals surface area contributed by atoms with Gasteiger partial charge in [0.15, 0.2) is 5.96 Å². The monoisotopic (exact) mass is 397 g/mol. The second-order valence-corrected chi connectivity index (χ2v) is 5.67. The van der Waals surface area contributed by atoms with Gasteiger partial charge < -0.3 is 15.4 Å². The molecule has 0 bridgehead atoms. The van der Waals surface area contributed by atoms with Crippen LogP contribution in [0.15, 0.2) is 4.99 Å². The highest BCUT2D eigenvalue weighted by Crippen LogP contribution is 2.12. The average Bonchev–Trinajstić information content (AvgIpc) is 2.66. The zero-order valence-corrected chi connectivity index (χ0v) is 15.6. The molecule has 20 heavy (non-hydrogen) atoms. The molecule has 1 fully saturated rings. The lowest BCUT2D eigenvalue weighted by molar-refractivity contribution is 0.0266. The Balaban J connectivity index is 0.00000361. The SMILES string of the molecule is CCOC(CCN=C(N)N1CCCCCC1)C(C)C.I. The zero-order chi connectivity index (χ0) is 14.1. The molecule has 4 nitrogen and oxygen atoms in total. The van der Waals surface area contributed by atoms with Crippen molar-refractivity contribution < 1.29 is 4.74 Å². The highest BCUT2D eigenvalue weighted by atomic mass is 127. The summed E-state index contributed by atoms with van der Waals surface area (Å²) < 4.78 is 5.73. The Labute approximate surface area is 141 Å². The van der Waals surface area contributed by atoms with Gasteiger partial charge in [0, 0.05) is 26.2 Å². The molecule has 0 aromatic carbocycles. The van der Waals surface area contributed by atoms with E-state index >= 15 is 0 Å². The molecular weight excluding hydrogens is 365 g/mol. The molecule has 120 valence electrons. The summed E-state index contributed by atoms with van der Waals surface area (Å²) >= 11 is 0. The van der Waals surface area contributed by atoms with Crippen molar-refractivity contribution in [2.75, 3.05) is 26.2 Å². The summed E-state index contributed by atoms with van der Waals surface area (Å²) in [4.78, 5) is 6.77. The minimum absolute atomic E-state index is 0. The van der Waals surface area contributed by atoms with E-state index in [1.807, 2.05) is 6.92 Å². The molecule has 2 N–H and O–H groups in total. The number of nitrogens with two attached hydrogens (primary N) is 1. The molecule has 0 amide bonds. The van der Waals surface area contributed by atoms with E-state index in [9.17, 15) is 0 Å². The van der Waals surface area contributed by atoms with Crippen LogP contribution in [0.25, 0.3) is 0 Å². The topological polar surface area (TPSA) is 50.9 Å². The summed E-state index contributed by atoms with van der Waals surface area (Å²) in [6, 6.07) is 0. The summed E-state index contributed by atoms with van der Waals surface area (Å²) in [5.74, 6) is 1.26. The fraction of sp³-hybridized carbons (Fsp3) is 0.933. The number of ether oxygens (including phenoxy) is 1. The largest absolute Gasteiger partial charge is 0.378 e. The molecule has 1 rings (SSSR count). The quantitative estimate of drug-likeness (QED) is 0.425. The Morgan fingerprint density at radius 1 is 1.20 bits per heavy atom. The Kier molecular flexibility index (Phi) is 11.6. The molecule has 1 unspecified atom stereocenters. The van der Waals surface area contributed by atoms with Gasteiger partial charge in [0.05, 0.1) is 6.10 Å². The normalized spacial score (nSPS) is 18.6. The Hall–Kier alpha value is -0.0400. The molecule has 5 heteroatoms. The number of halogens is 1. The Morgan fingerprint density at radius 3 is 2.30 bits per heavy atom. The van der Waals surface area contributed by atoms with Crippen LogP contribution < -0.4 is 5.73 Å². The highest BCUT2D eigenvalue weighted by molar-refractivity contribution is 14.0. The third kappa shape index (κ3) is 7.67. The van der Waals surface area contributed by atoms with Gasteiger partial charge in [0.1, 0.15) is 0 Å². The lowest BCUT2D eigenvalue weighted by atomic mass is 10.0. The van der Waals surface area contributed by atoms with Gasteiger partial charge in [-0.2, -0.15) is 0 Å². The van der Waals surface area contributed by atoms with Crippen LogP contribution in [0.3, 0.4) is 0 Å². The van der Waals surface area contributed by atoms with Crippen LogP contribution in [0.2, 0.25) is 0 Å². The number of guanidine groups is 1. The van der Waals surface area contributed by atoms with Gasteiger partial charge in [0.2, 0.25) is 0 Å². The first-order chi connectivity index (χ1) is 9.15. The molecule has 0 aromatic heterocycles. The van der Waals surface area contributed by atoms with E-state index in [0.29, 0.717) is 12.0 Å². The molecule has 1 saturated heterocycles. The number of rotatable bonds is 6. The average molecular weight is 397 g/mol. The fourth-order valence-corrected chi connectivity index (χ4v) is 2.53. The molecule has 0 spiro atoms. The molecule has 0 saturated carbocycles. The molecule has 1 atom stereocenters. The number of hydrogen-bond donors (Lipinski definition) is 1. The Morgan fingerprint density at radius 2 is 1.80 bits per heavy atom. The summed E-state index contributed by atoms with van der Waals surface area (Å²) in [6.45, 7) is 10.1. The van der Waals surface area contributed by atoms with Crippen molar-refractivity contribution in [3.05, 3.63) is 0 Å². The first kappa shape index (κ1) is 20.0. The van der Waals surface area contributed by atoms with Gasteiger partial charge in [-0.25, -0.2) is 0 Å². The maximum absolute atomic E-state index is 6.09. The van der Waals surface area contributed by atoms with Gasteiger partial charge in [0.25, 0.3) is 0 Å². The fourth-order valence-electron chi connectivity index (χ4n) is 2.53. The van der Waals surface area contributed by atoms with Crippen LogP contribution in [0.1, 0.15) is 52.9 Å². The predicted molar refractivity (Wildman–Crippen MR) is 96.8 cm³/mol. The minimum atomic E-state index is 0. The van der Waals surface area contributed by atoms with E-state index in [1.54, 1.807) is 0 Å². The summed E-state index contributed by atoms with van der Waals surface area (Å²) in [7, 11) is 0. The van der Waals surface area contributed by atoms with Crippen molar-refractivity contribution in [3.63, 3.8) is 0 Å². The molecule has 1 heterocycles. The lowest BCUT2D eigenvalue weighted by Gasteiger charge is -2.22. The van der Waals surface area contributed by atoms with Crippen molar-refractivity contribution >= 4 is 29.9 Å². The lowest BCUT2D eigenvalue weighted by Crippen LogP contribution is -2.38. The van der Waals surface area contributed by atoms with Gasteiger partial charge in [-0.1, -0.05) is 26.7 Å². The predicted octanol–water partition coefficient (Wildman–Crippen LogP) is 3.25. The second kappa shape index (κ2) is 11.6. The smallest absolute Gasteiger partial charge is 0.191 e. The minimum Gasteiger partial charge on any atom is -0.378 e. The molecule has 0 aliphatic carbocycles. The summed E-state index contributed by atoms with van der Waals surface area (Å²) in [5.41, 5.74) is 6.09. The van der Waals surface area contributed by atoms with E-state index in [-0.39, 0.29) is 24.0 Å². The number of hydrogen-bond acceptors (Lipinski definition) is 2. The van der Waals surface area contributed by atoms with Crippen molar-refractivity contribution in [3.8, 4) is 0 Å². The van der Waals surface area contributed by atoms with E-state index < -0.39 is 0 Å². The van der Waals surface area contributed by atoms with Crippen LogP contribution in [-0.2, 0) is 4.74 Å². The number of nitrogens with zero attached hydrogens (tertiary/aromatic N) is 2. The van der Waals surface area contributed by atoms with E-state index in [1.165, 1.54) is 25.7 Å². The van der Waals surface area contributed by atoms with E-state index in [2.05, 4.69) is 23.7 Å². The van der Waals surface area contributed by atoms with E-state index in [0.717, 1.165) is 38.6 Å². The van der Waals surface area contributed by atoms with Gasteiger partial charge in [-0.3, -0.25) is 4.99 Å². The third-order valence-corrected chi connectivity index (χ3v) is 3.74. The maximum atomic E-state index is 6.09. The molecule has 1 aliphatic heterocycles. The van der Waals surface area contributed by atoms with Crippen LogP contribution in [0, 0.1) is 5.92 Å². The van der Waals surface area contributed by atoms with Crippen LogP contribution >= 0.6 is 24.0 Å². The van der Waals surface area contributed by atoms with E-state index in [4.69, 9.17) is 10.5 Å². The van der Waals surface area contributed by atoms with Gasteiger partial charge in [-0.05, 0) is 32.1 Å². The first-order valence-electron chi connectivity index (χ1n) is 7.81. The maximum Gasteiger partial charge on any atom is 0.191 e. The zero-order valence-electron chi connectivity index (χ0n) is 13.3. The van der Waals surface area contributed by atoms with Gasteiger partial charge in [-0.15, -0.1) is 24.0 Å². The number of likely N-dealkylation sites (tertiary alicyclic amines) is 1. The highest BCUT2D eigenvalue weighted by Gasteiger charge is 2.14. The molecule has 0 radical (unpaired) electrons. The van der Waals surface area contributed by atoms with Crippen LogP contribution in [0.5, 0.6) is 0 Å². The standard InChI is InChI=1S/C15H31N3O.HI/c1-4-19-14(13(2)3)9-10-17-15(16)18-11-7-5-6-8-12-18;/h13-14H,4-12H2,1-3H3,(H2,16,17);1H. The van der Waals surface area contributed by atoms with Crippen LogP contribution in [-0.4, -0.2) is 43.2 Å². The number of aliphatic imine (C=N–C) groups is 1. The molecular formula is C15H32IN3O. The molecule has 1 aliphatic rings. The third-order valence-electron chi connectivity index (χ3n) is 3.74. The van der Waals surface area contributed by atoms with Crippen molar-refractivity contribution in [1.29, 1.82) is 0 Å². The summed E-state index contributed by atoms with van der Waals surface area (Å²) in [5, 5.41) is 0. The van der Waals surface area contributed by atoms with Crippen molar-refractivity contribution in [2.45, 2.75) is 59.0 Å². The summed E-state index contributed by atoms with van der Waals surface area (Å²) in [6.07, 6.45) is 6.38. The van der Waals surface area contributed by atoms with Crippen LogP contribution in [0.4, 0.5) is 0 Å².